The Morgan fingerprint density at radius 3 is 1.34 bits per heavy atom. The van der Waals surface area contributed by atoms with Gasteiger partial charge >= 0.3 is 0 Å². The summed E-state index contributed by atoms with van der Waals surface area (Å²) in [6.07, 6.45) is -56.0. The lowest BCUT2D eigenvalue weighted by Gasteiger charge is -2.49. The van der Waals surface area contributed by atoms with Crippen molar-refractivity contribution in [3.05, 3.63) is 0 Å². The van der Waals surface area contributed by atoms with Crippen LogP contribution in [0.3, 0.4) is 0 Å². The monoisotopic (exact) mass is 918 g/mol. The number of hydrogen-bond donors (Lipinski definition) is 20. The second-order valence-electron chi connectivity index (χ2n) is 15.5. The molecule has 5 aliphatic rings. The van der Waals surface area contributed by atoms with Crippen LogP contribution in [0.5, 0.6) is 0 Å². The van der Waals surface area contributed by atoms with Crippen molar-refractivity contribution in [1.29, 1.82) is 0 Å². The third-order valence-corrected chi connectivity index (χ3v) is 11.3. The lowest BCUT2D eigenvalue weighted by atomic mass is 9.93. The Morgan fingerprint density at radius 2 is 0.790 bits per heavy atom. The van der Waals surface area contributed by atoms with E-state index < -0.39 is 205 Å². The van der Waals surface area contributed by atoms with Crippen molar-refractivity contribution in [3.8, 4) is 0 Å². The van der Waals surface area contributed by atoms with E-state index in [2.05, 4.69) is 0 Å². The number of rotatable bonds is 16. The van der Waals surface area contributed by atoms with E-state index in [1.165, 1.54) is 0 Å². The number of aliphatic hydroxyl groups excluding tert-OH is 20. The Balaban J connectivity index is 1.37. The lowest BCUT2D eigenvalue weighted by Crippen LogP contribution is -2.68. The highest BCUT2D eigenvalue weighted by Crippen LogP contribution is 2.35. The first-order chi connectivity index (χ1) is 29.2. The molecular formula is C33H58O29. The van der Waals surface area contributed by atoms with Crippen LogP contribution in [0.15, 0.2) is 0 Å². The van der Waals surface area contributed by atoms with E-state index in [0.717, 1.165) is 0 Å². The molecule has 0 spiro atoms. The molecule has 0 saturated carbocycles. The van der Waals surface area contributed by atoms with Gasteiger partial charge in [0.25, 0.3) is 0 Å². The SMILES string of the molecule is OC[C@H](O)[C@H]1O[C@H](OC[C@H](O)[C@H]2O[C@H](O[C@H]3[C@H](O)[C@@H]([C@@H](O)CO)O[C@H](O)[C@H]3O)[C@@H](O)[C@@H](O[C@H]3O[C@H](CO[C@@H]4O[C@H](CO)[C@@H](O)[C@H](O)[C@H]4O)[C@@H](O)[C@H](O)[C@H]3O)[C@@H]2O)[C@@H](O)[C@@H](O)[C@@H]1O. The molecule has 5 rings (SSSR count). The minimum absolute atomic E-state index is 0.826. The van der Waals surface area contributed by atoms with Crippen molar-refractivity contribution in [1.82, 2.24) is 0 Å². The molecule has 0 aliphatic carbocycles. The molecule has 28 atom stereocenters. The summed E-state index contributed by atoms with van der Waals surface area (Å²) in [7, 11) is 0. The second-order valence-corrected chi connectivity index (χ2v) is 15.5. The van der Waals surface area contributed by atoms with Gasteiger partial charge in [-0.15, -0.1) is 0 Å². The largest absolute Gasteiger partial charge is 0.394 e. The molecule has 29 heteroatoms. The quantitative estimate of drug-likeness (QED) is 0.0683. The fourth-order valence-corrected chi connectivity index (χ4v) is 7.50. The average molecular weight is 919 g/mol. The van der Waals surface area contributed by atoms with E-state index in [9.17, 15) is 102 Å². The van der Waals surface area contributed by atoms with Crippen molar-refractivity contribution in [3.63, 3.8) is 0 Å². The van der Waals surface area contributed by atoms with Crippen LogP contribution < -0.4 is 0 Å². The standard InChI is InChI=1S/C33H58O29/c34-1-6(37)24-16(45)15(44)18(47)31(59-24)54-4-8(39)26-21(50)28(23(52)33(60-26)61-27-20(49)25(7(38)2-35)58-29(53)22(27)51)62-32-19(48)14(43)12(41)10(57-32)5-55-30-17(46)13(42)11(40)9(3-36)56-30/h6-53H,1-5H2/t6-,7-,8-,9+,10+,11+,12+,13-,14-,15-,16-,17+,18-,19+,20+,21+,22-,23-,24+,25+,26+,27-,28-,29-,30+,31-,32+,33+/m0/s1. The molecule has 0 radical (unpaired) electrons. The molecule has 20 N–H and O–H groups in total. The molecule has 29 nitrogen and oxygen atoms in total. The second kappa shape index (κ2) is 22.1. The maximum absolute atomic E-state index is 11.5. The molecule has 0 bridgehead atoms. The van der Waals surface area contributed by atoms with Crippen molar-refractivity contribution < 1.29 is 145 Å². The first kappa shape index (κ1) is 51.8. The normalized spacial score (nSPS) is 50.8. The summed E-state index contributed by atoms with van der Waals surface area (Å²) in [5, 5.41) is 208. The average Bonchev–Trinajstić information content (AvgIpc) is 3.25. The molecular weight excluding hydrogens is 860 g/mol. The molecule has 364 valence electrons. The van der Waals surface area contributed by atoms with Crippen molar-refractivity contribution in [2.75, 3.05) is 33.0 Å². The summed E-state index contributed by atoms with van der Waals surface area (Å²) in [5.74, 6) is 0. The molecule has 0 aromatic carbocycles. The van der Waals surface area contributed by atoms with Gasteiger partial charge in [-0.1, -0.05) is 0 Å². The number of ether oxygens (including phenoxy) is 9. The van der Waals surface area contributed by atoms with Gasteiger partial charge in [0.2, 0.25) is 0 Å². The third kappa shape index (κ3) is 10.8. The Hall–Kier alpha value is -1.16. The Bertz CT molecular complexity index is 1360. The molecule has 5 fully saturated rings. The van der Waals surface area contributed by atoms with Crippen molar-refractivity contribution in [2.24, 2.45) is 0 Å². The van der Waals surface area contributed by atoms with Crippen LogP contribution >= 0.6 is 0 Å². The highest BCUT2D eigenvalue weighted by atomic mass is 16.8. The zero-order valence-electron chi connectivity index (χ0n) is 32.3. The topological polar surface area (TPSA) is 488 Å². The van der Waals surface area contributed by atoms with Gasteiger partial charge in [0.05, 0.1) is 33.0 Å². The van der Waals surface area contributed by atoms with Gasteiger partial charge in [-0.05, 0) is 0 Å². The maximum Gasteiger partial charge on any atom is 0.187 e. The fraction of sp³-hybridized carbons (Fsp3) is 1.00. The Kier molecular flexibility index (Phi) is 18.5. The summed E-state index contributed by atoms with van der Waals surface area (Å²) in [5.41, 5.74) is 0. The lowest BCUT2D eigenvalue weighted by molar-refractivity contribution is -0.387. The third-order valence-electron chi connectivity index (χ3n) is 11.3. The van der Waals surface area contributed by atoms with E-state index in [1.54, 1.807) is 0 Å². The van der Waals surface area contributed by atoms with E-state index in [0.29, 0.717) is 0 Å². The number of aliphatic hydroxyl groups is 20. The summed E-state index contributed by atoms with van der Waals surface area (Å²) in [4.78, 5) is 0. The van der Waals surface area contributed by atoms with Crippen molar-refractivity contribution >= 4 is 0 Å². The molecule has 5 aliphatic heterocycles. The Morgan fingerprint density at radius 1 is 0.371 bits per heavy atom. The maximum atomic E-state index is 11.5. The van der Waals surface area contributed by atoms with Crippen LogP contribution in [0, 0.1) is 0 Å². The summed E-state index contributed by atoms with van der Waals surface area (Å²) in [6.45, 7) is -4.70. The number of hydrogen-bond acceptors (Lipinski definition) is 29. The summed E-state index contributed by atoms with van der Waals surface area (Å²) in [6, 6.07) is 0. The highest BCUT2D eigenvalue weighted by Gasteiger charge is 2.56. The molecule has 0 aromatic rings. The molecule has 0 unspecified atom stereocenters. The van der Waals surface area contributed by atoms with Gasteiger partial charge in [-0.2, -0.15) is 0 Å². The fourth-order valence-electron chi connectivity index (χ4n) is 7.50. The van der Waals surface area contributed by atoms with Crippen LogP contribution in [0.4, 0.5) is 0 Å². The highest BCUT2D eigenvalue weighted by molar-refractivity contribution is 5.00. The predicted molar refractivity (Wildman–Crippen MR) is 185 cm³/mol. The van der Waals surface area contributed by atoms with Gasteiger partial charge in [0.1, 0.15) is 140 Å². The smallest absolute Gasteiger partial charge is 0.187 e. The van der Waals surface area contributed by atoms with E-state index in [4.69, 9.17) is 42.6 Å². The van der Waals surface area contributed by atoms with Crippen LogP contribution in [-0.2, 0) is 42.6 Å². The molecule has 0 amide bonds. The van der Waals surface area contributed by atoms with E-state index in [1.807, 2.05) is 0 Å². The van der Waals surface area contributed by atoms with Crippen LogP contribution in [0.25, 0.3) is 0 Å². The van der Waals surface area contributed by atoms with Crippen LogP contribution in [0.2, 0.25) is 0 Å². The van der Waals surface area contributed by atoms with Gasteiger partial charge in [-0.25, -0.2) is 0 Å². The zero-order chi connectivity index (χ0) is 46.1. The predicted octanol–water partition coefficient (Wildman–Crippen LogP) is -13.8. The van der Waals surface area contributed by atoms with Gasteiger partial charge in [-0.3, -0.25) is 0 Å². The van der Waals surface area contributed by atoms with Crippen LogP contribution in [-0.4, -0.2) is 307 Å². The summed E-state index contributed by atoms with van der Waals surface area (Å²) >= 11 is 0. The zero-order valence-corrected chi connectivity index (χ0v) is 32.3. The molecule has 0 aromatic heterocycles. The van der Waals surface area contributed by atoms with Crippen molar-refractivity contribution in [2.45, 2.75) is 172 Å². The van der Waals surface area contributed by atoms with Gasteiger partial charge < -0.3 is 145 Å². The Labute approximate surface area is 349 Å². The van der Waals surface area contributed by atoms with Gasteiger partial charge in [0, 0.05) is 0 Å². The van der Waals surface area contributed by atoms with E-state index in [-0.39, 0.29) is 0 Å². The first-order valence-corrected chi connectivity index (χ1v) is 19.4. The minimum atomic E-state index is -2.33. The van der Waals surface area contributed by atoms with Crippen LogP contribution in [0.1, 0.15) is 0 Å². The molecule has 62 heavy (non-hydrogen) atoms. The van der Waals surface area contributed by atoms with Gasteiger partial charge in [0.15, 0.2) is 31.5 Å². The summed E-state index contributed by atoms with van der Waals surface area (Å²) < 4.78 is 48.7. The molecule has 5 heterocycles. The van der Waals surface area contributed by atoms with E-state index >= 15 is 0 Å². The molecule has 5 saturated heterocycles. The first-order valence-electron chi connectivity index (χ1n) is 19.4. The minimum Gasteiger partial charge on any atom is -0.394 e.